The highest BCUT2D eigenvalue weighted by Gasteiger charge is 2.36. The topological polar surface area (TPSA) is 74.7 Å². The van der Waals surface area contributed by atoms with E-state index in [1.165, 1.54) is 18.2 Å². The summed E-state index contributed by atoms with van der Waals surface area (Å²) in [5.74, 6) is -0.930. The number of halogens is 2. The Bertz CT molecular complexity index is 943. The number of hydrogen-bond acceptors (Lipinski definition) is 5. The Kier molecular flexibility index (Phi) is 5.50. The van der Waals surface area contributed by atoms with Gasteiger partial charge in [0.2, 0.25) is 0 Å². The fraction of sp³-hybridized carbons (Fsp3) is 0.0556. The summed E-state index contributed by atoms with van der Waals surface area (Å²) in [5, 5.41) is 9.08. The molecule has 2 aromatic rings. The summed E-state index contributed by atoms with van der Waals surface area (Å²) in [6, 6.07) is 11.1. The molecule has 2 amide bonds. The molecule has 1 heterocycles. The molecule has 8 heteroatoms. The maximum atomic E-state index is 12.5. The zero-order chi connectivity index (χ0) is 18.8. The molecule has 132 valence electrons. The van der Waals surface area contributed by atoms with Gasteiger partial charge in [-0.15, -0.1) is 0 Å². The van der Waals surface area contributed by atoms with Crippen molar-refractivity contribution in [2.24, 2.45) is 0 Å². The Morgan fingerprint density at radius 1 is 1.19 bits per heavy atom. The number of rotatable bonds is 4. The lowest BCUT2D eigenvalue weighted by atomic mass is 10.1. The third-order valence-corrected chi connectivity index (χ3v) is 5.35. The largest absolute Gasteiger partial charge is 0.506 e. The highest BCUT2D eigenvalue weighted by molar-refractivity contribution is 9.10. The SMILES string of the molecule is O=C(CN1C(=O)S/C(=C/c2ccc(O)c(Cl)c2)C1=O)c1ccc(Br)cc1. The molecule has 0 aromatic heterocycles. The number of ketones is 1. The summed E-state index contributed by atoms with van der Waals surface area (Å²) in [6.07, 6.45) is 1.50. The zero-order valence-electron chi connectivity index (χ0n) is 13.1. The second-order valence-electron chi connectivity index (χ2n) is 5.41. The summed E-state index contributed by atoms with van der Waals surface area (Å²) in [4.78, 5) is 38.0. The fourth-order valence-electron chi connectivity index (χ4n) is 2.27. The van der Waals surface area contributed by atoms with Crippen molar-refractivity contribution in [3.63, 3.8) is 0 Å². The van der Waals surface area contributed by atoms with Crippen LogP contribution in [0.3, 0.4) is 0 Å². The van der Waals surface area contributed by atoms with Crippen LogP contribution in [0.5, 0.6) is 5.75 Å². The number of hydrogen-bond donors (Lipinski definition) is 1. The summed E-state index contributed by atoms with van der Waals surface area (Å²) < 4.78 is 0.829. The minimum absolute atomic E-state index is 0.0722. The molecule has 0 aliphatic carbocycles. The highest BCUT2D eigenvalue weighted by atomic mass is 79.9. The van der Waals surface area contributed by atoms with Gasteiger partial charge in [-0.25, -0.2) is 0 Å². The van der Waals surface area contributed by atoms with Gasteiger partial charge in [0.1, 0.15) is 5.75 Å². The number of amides is 2. The Balaban J connectivity index is 1.78. The first-order valence-electron chi connectivity index (χ1n) is 7.38. The van der Waals surface area contributed by atoms with Gasteiger partial charge in [0.25, 0.3) is 11.1 Å². The van der Waals surface area contributed by atoms with E-state index in [-0.39, 0.29) is 28.0 Å². The van der Waals surface area contributed by atoms with Crippen LogP contribution in [0.15, 0.2) is 51.8 Å². The molecule has 0 atom stereocenters. The predicted octanol–water partition coefficient (Wildman–Crippen LogP) is 4.73. The van der Waals surface area contributed by atoms with Crippen molar-refractivity contribution < 1.29 is 19.5 Å². The molecule has 3 rings (SSSR count). The number of Topliss-reactive ketones (excluding diaryl/α,β-unsaturated/α-hetero) is 1. The molecule has 1 saturated heterocycles. The van der Waals surface area contributed by atoms with Crippen molar-refractivity contribution in [1.82, 2.24) is 4.90 Å². The van der Waals surface area contributed by atoms with Gasteiger partial charge in [-0.05, 0) is 47.7 Å². The van der Waals surface area contributed by atoms with Crippen LogP contribution in [-0.4, -0.2) is 33.5 Å². The lowest BCUT2D eigenvalue weighted by molar-refractivity contribution is -0.122. The lowest BCUT2D eigenvalue weighted by Crippen LogP contribution is -2.33. The third-order valence-electron chi connectivity index (χ3n) is 3.61. The quantitative estimate of drug-likeness (QED) is 0.536. The third kappa shape index (κ3) is 4.00. The van der Waals surface area contributed by atoms with Crippen molar-refractivity contribution in [1.29, 1.82) is 0 Å². The van der Waals surface area contributed by atoms with Crippen LogP contribution in [0.4, 0.5) is 4.79 Å². The minimum Gasteiger partial charge on any atom is -0.506 e. The van der Waals surface area contributed by atoms with Gasteiger partial charge in [0, 0.05) is 10.0 Å². The van der Waals surface area contributed by atoms with E-state index in [2.05, 4.69) is 15.9 Å². The number of nitrogens with zero attached hydrogens (tertiary/aromatic N) is 1. The van der Waals surface area contributed by atoms with E-state index in [1.807, 2.05) is 0 Å². The molecule has 1 aliphatic heterocycles. The van der Waals surface area contributed by atoms with Gasteiger partial charge in [-0.3, -0.25) is 19.3 Å². The van der Waals surface area contributed by atoms with Gasteiger partial charge in [0.15, 0.2) is 5.78 Å². The van der Waals surface area contributed by atoms with E-state index in [0.717, 1.165) is 21.1 Å². The minimum atomic E-state index is -0.533. The average molecular weight is 453 g/mol. The number of aromatic hydroxyl groups is 1. The molecule has 0 bridgehead atoms. The Hall–Kier alpha value is -2.09. The number of carbonyl (C=O) groups is 3. The van der Waals surface area contributed by atoms with Gasteiger partial charge >= 0.3 is 0 Å². The zero-order valence-corrected chi connectivity index (χ0v) is 16.3. The first-order valence-corrected chi connectivity index (χ1v) is 9.36. The number of phenols is 1. The van der Waals surface area contributed by atoms with Gasteiger partial charge in [-0.1, -0.05) is 45.7 Å². The molecule has 0 radical (unpaired) electrons. The van der Waals surface area contributed by atoms with Crippen LogP contribution in [0, 0.1) is 0 Å². The molecule has 2 aromatic carbocycles. The van der Waals surface area contributed by atoms with E-state index in [0.29, 0.717) is 11.1 Å². The van der Waals surface area contributed by atoms with Gasteiger partial charge in [-0.2, -0.15) is 0 Å². The number of carbonyl (C=O) groups excluding carboxylic acids is 3. The monoisotopic (exact) mass is 451 g/mol. The first-order chi connectivity index (χ1) is 12.3. The van der Waals surface area contributed by atoms with E-state index in [1.54, 1.807) is 30.3 Å². The maximum Gasteiger partial charge on any atom is 0.293 e. The fourth-order valence-corrected chi connectivity index (χ4v) is 3.56. The molecule has 1 aliphatic rings. The van der Waals surface area contributed by atoms with Gasteiger partial charge < -0.3 is 5.11 Å². The van der Waals surface area contributed by atoms with Crippen LogP contribution in [-0.2, 0) is 4.79 Å². The lowest BCUT2D eigenvalue weighted by Gasteiger charge is -2.11. The van der Waals surface area contributed by atoms with Gasteiger partial charge in [0.05, 0.1) is 16.5 Å². The second-order valence-corrected chi connectivity index (χ2v) is 7.72. The van der Waals surface area contributed by atoms with E-state index in [9.17, 15) is 19.5 Å². The summed E-state index contributed by atoms with van der Waals surface area (Å²) in [5.41, 5.74) is 0.985. The standard InChI is InChI=1S/C18H11BrClNO4S/c19-12-4-2-11(3-5-12)15(23)9-21-17(24)16(26-18(21)25)8-10-1-6-14(22)13(20)7-10/h1-8,22H,9H2/b16-8+. The highest BCUT2D eigenvalue weighted by Crippen LogP contribution is 2.33. The summed E-state index contributed by atoms with van der Waals surface area (Å²) in [6.45, 7) is -0.319. The maximum absolute atomic E-state index is 12.5. The molecule has 26 heavy (non-hydrogen) atoms. The number of benzene rings is 2. The molecule has 0 spiro atoms. The van der Waals surface area contributed by atoms with Crippen LogP contribution in [0.2, 0.25) is 5.02 Å². The van der Waals surface area contributed by atoms with Crippen molar-refractivity contribution in [3.05, 3.63) is 68.0 Å². The molecular weight excluding hydrogens is 442 g/mol. The Labute approximate surface area is 166 Å². The molecule has 0 saturated carbocycles. The van der Waals surface area contributed by atoms with E-state index >= 15 is 0 Å². The normalized spacial score (nSPS) is 15.8. The van der Waals surface area contributed by atoms with Crippen LogP contribution >= 0.6 is 39.3 Å². The van der Waals surface area contributed by atoms with Crippen molar-refractivity contribution in [3.8, 4) is 5.75 Å². The van der Waals surface area contributed by atoms with Crippen LogP contribution in [0.25, 0.3) is 6.08 Å². The van der Waals surface area contributed by atoms with Crippen LogP contribution in [0.1, 0.15) is 15.9 Å². The smallest absolute Gasteiger partial charge is 0.293 e. The molecule has 5 nitrogen and oxygen atoms in total. The van der Waals surface area contributed by atoms with E-state index < -0.39 is 11.1 Å². The average Bonchev–Trinajstić information content (AvgIpc) is 2.86. The predicted molar refractivity (Wildman–Crippen MR) is 104 cm³/mol. The summed E-state index contributed by atoms with van der Waals surface area (Å²) in [7, 11) is 0. The Morgan fingerprint density at radius 2 is 1.88 bits per heavy atom. The molecule has 0 unspecified atom stereocenters. The second kappa shape index (κ2) is 7.65. The molecule has 1 fully saturated rings. The number of thioether (sulfide) groups is 1. The number of phenolic OH excluding ortho intramolecular Hbond substituents is 1. The van der Waals surface area contributed by atoms with E-state index in [4.69, 9.17) is 11.6 Å². The first kappa shape index (κ1) is 18.7. The van der Waals surface area contributed by atoms with Crippen molar-refractivity contribution in [2.75, 3.05) is 6.54 Å². The van der Waals surface area contributed by atoms with Crippen LogP contribution < -0.4 is 0 Å². The summed E-state index contributed by atoms with van der Waals surface area (Å²) >= 11 is 9.89. The number of imide groups is 1. The molecule has 1 N–H and O–H groups in total. The van der Waals surface area contributed by atoms with Crippen molar-refractivity contribution >= 4 is 62.3 Å². The van der Waals surface area contributed by atoms with Crippen molar-refractivity contribution in [2.45, 2.75) is 0 Å². The molecular formula is C18H11BrClNO4S. The Morgan fingerprint density at radius 3 is 2.54 bits per heavy atom.